The molecule has 5 heteroatoms. The van der Waals surface area contributed by atoms with Gasteiger partial charge in [0.25, 0.3) is 0 Å². The zero-order valence-electron chi connectivity index (χ0n) is 12.8. The van der Waals surface area contributed by atoms with Crippen LogP contribution in [-0.4, -0.2) is 44.1 Å². The Morgan fingerprint density at radius 3 is 2.32 bits per heavy atom. The molecule has 0 aliphatic carbocycles. The number of amides is 1. The summed E-state index contributed by atoms with van der Waals surface area (Å²) in [6, 6.07) is 0. The maximum atomic E-state index is 10.8. The first kappa shape index (κ1) is 16.2. The van der Waals surface area contributed by atoms with Gasteiger partial charge in [0.1, 0.15) is 0 Å². The lowest BCUT2D eigenvalue weighted by atomic mass is 10.0. The van der Waals surface area contributed by atoms with E-state index in [0.29, 0.717) is 19.7 Å². The summed E-state index contributed by atoms with van der Waals surface area (Å²) in [6.07, 6.45) is 3.02. The van der Waals surface area contributed by atoms with Crippen molar-refractivity contribution in [3.63, 3.8) is 0 Å². The van der Waals surface area contributed by atoms with Crippen LogP contribution in [0.3, 0.4) is 0 Å². The summed E-state index contributed by atoms with van der Waals surface area (Å²) in [5, 5.41) is 9.12. The molecule has 1 fully saturated rings. The van der Waals surface area contributed by atoms with Crippen molar-refractivity contribution in [3.8, 4) is 0 Å². The van der Waals surface area contributed by atoms with Crippen molar-refractivity contribution in [3.05, 3.63) is 11.6 Å². The van der Waals surface area contributed by atoms with Gasteiger partial charge in [0.15, 0.2) is 8.32 Å². The fourth-order valence-corrected chi connectivity index (χ4v) is 2.71. The predicted molar refractivity (Wildman–Crippen MR) is 80.1 cm³/mol. The predicted octanol–water partition coefficient (Wildman–Crippen LogP) is 3.71. The Bertz CT molecular complexity index is 348. The van der Waals surface area contributed by atoms with Crippen molar-refractivity contribution in [2.24, 2.45) is 0 Å². The van der Waals surface area contributed by atoms with E-state index < -0.39 is 14.4 Å². The number of rotatable bonds is 3. The summed E-state index contributed by atoms with van der Waals surface area (Å²) >= 11 is 0. The number of piperidine rings is 1. The van der Waals surface area contributed by atoms with Crippen molar-refractivity contribution >= 4 is 14.4 Å². The van der Waals surface area contributed by atoms with Gasteiger partial charge < -0.3 is 14.4 Å². The van der Waals surface area contributed by atoms with E-state index in [0.717, 1.165) is 12.8 Å². The minimum atomic E-state index is -1.67. The summed E-state index contributed by atoms with van der Waals surface area (Å²) in [7, 11) is -1.67. The lowest BCUT2D eigenvalue weighted by Crippen LogP contribution is -2.40. The molecule has 1 heterocycles. The van der Waals surface area contributed by atoms with Gasteiger partial charge in [-0.05, 0) is 31.0 Å². The molecule has 0 saturated carbocycles. The molecule has 0 aromatic carbocycles. The first-order chi connectivity index (χ1) is 8.63. The topological polar surface area (TPSA) is 49.8 Å². The molecule has 1 rings (SSSR count). The van der Waals surface area contributed by atoms with Gasteiger partial charge in [-0.25, -0.2) is 4.79 Å². The molecule has 110 valence electrons. The van der Waals surface area contributed by atoms with Gasteiger partial charge in [0.2, 0.25) is 0 Å². The van der Waals surface area contributed by atoms with Crippen molar-refractivity contribution in [1.29, 1.82) is 0 Å². The van der Waals surface area contributed by atoms with Crippen LogP contribution in [0, 0.1) is 0 Å². The van der Waals surface area contributed by atoms with Gasteiger partial charge in [-0.2, -0.15) is 0 Å². The van der Waals surface area contributed by atoms with Crippen LogP contribution in [0.15, 0.2) is 11.6 Å². The van der Waals surface area contributed by atoms with Gasteiger partial charge in [-0.15, -0.1) is 0 Å². The highest BCUT2D eigenvalue weighted by atomic mass is 28.4. The molecule has 0 unspecified atom stereocenters. The number of carboxylic acid groups (broad SMARTS) is 1. The van der Waals surface area contributed by atoms with Gasteiger partial charge in [0, 0.05) is 13.1 Å². The third-order valence-electron chi connectivity index (χ3n) is 4.30. The fourth-order valence-electron chi connectivity index (χ4n) is 1.77. The molecular weight excluding hydrogens is 258 g/mol. The molecule has 0 spiro atoms. The minimum Gasteiger partial charge on any atom is -0.465 e. The zero-order valence-corrected chi connectivity index (χ0v) is 13.8. The van der Waals surface area contributed by atoms with E-state index in [4.69, 9.17) is 9.53 Å². The second-order valence-corrected chi connectivity index (χ2v) is 11.5. The van der Waals surface area contributed by atoms with Crippen LogP contribution in [0.1, 0.15) is 33.6 Å². The van der Waals surface area contributed by atoms with Crippen molar-refractivity contribution in [2.75, 3.05) is 19.7 Å². The number of hydrogen-bond donors (Lipinski definition) is 1. The SMILES string of the molecule is CC(C)(C)[Si](C)(C)OCC=C1CCN(C(=O)O)CC1. The monoisotopic (exact) mass is 285 g/mol. The maximum absolute atomic E-state index is 10.8. The first-order valence-corrected chi connectivity index (χ1v) is 9.84. The Hall–Kier alpha value is -0.813. The third-order valence-corrected chi connectivity index (χ3v) is 8.80. The molecule has 0 radical (unpaired) electrons. The molecule has 0 bridgehead atoms. The third kappa shape index (κ3) is 4.65. The summed E-state index contributed by atoms with van der Waals surface area (Å²) in [6.45, 7) is 13.1. The Morgan fingerprint density at radius 1 is 1.37 bits per heavy atom. The number of carbonyl (C=O) groups is 1. The average Bonchev–Trinajstić information content (AvgIpc) is 2.28. The standard InChI is InChI=1S/C14H27NO3Si/c1-14(2,3)19(4,5)18-11-8-12-6-9-15(10-7-12)13(16)17/h8H,6-7,9-11H2,1-5H3,(H,16,17). The van der Waals surface area contributed by atoms with E-state index in [1.807, 2.05) is 0 Å². The van der Waals surface area contributed by atoms with Crippen molar-refractivity contribution in [1.82, 2.24) is 4.90 Å². The molecule has 1 saturated heterocycles. The van der Waals surface area contributed by atoms with E-state index in [1.165, 1.54) is 10.5 Å². The van der Waals surface area contributed by atoms with Crippen LogP contribution < -0.4 is 0 Å². The number of hydrogen-bond acceptors (Lipinski definition) is 2. The Balaban J connectivity index is 2.41. The second kappa shape index (κ2) is 6.09. The molecule has 4 nitrogen and oxygen atoms in total. The van der Waals surface area contributed by atoms with Crippen LogP contribution in [0.25, 0.3) is 0 Å². The molecule has 0 aromatic heterocycles. The average molecular weight is 285 g/mol. The number of likely N-dealkylation sites (tertiary alicyclic amines) is 1. The highest BCUT2D eigenvalue weighted by Crippen LogP contribution is 2.36. The van der Waals surface area contributed by atoms with Gasteiger partial charge >= 0.3 is 6.09 Å². The first-order valence-electron chi connectivity index (χ1n) is 6.93. The summed E-state index contributed by atoms with van der Waals surface area (Å²) in [5.74, 6) is 0. The van der Waals surface area contributed by atoms with E-state index in [-0.39, 0.29) is 5.04 Å². The van der Waals surface area contributed by atoms with Crippen LogP contribution in [0.5, 0.6) is 0 Å². The van der Waals surface area contributed by atoms with Gasteiger partial charge in [0.05, 0.1) is 6.61 Å². The summed E-state index contributed by atoms with van der Waals surface area (Å²) in [5.41, 5.74) is 1.33. The highest BCUT2D eigenvalue weighted by molar-refractivity contribution is 6.74. The van der Waals surface area contributed by atoms with E-state index in [1.54, 1.807) is 0 Å². The van der Waals surface area contributed by atoms with Gasteiger partial charge in [-0.3, -0.25) is 0 Å². The Labute approximate surface area is 117 Å². The molecule has 0 aromatic rings. The zero-order chi connectivity index (χ0) is 14.7. The van der Waals surface area contributed by atoms with E-state index in [2.05, 4.69) is 39.9 Å². The minimum absolute atomic E-state index is 0.234. The smallest absolute Gasteiger partial charge is 0.407 e. The van der Waals surface area contributed by atoms with E-state index >= 15 is 0 Å². The Kier molecular flexibility index (Phi) is 5.21. The molecule has 19 heavy (non-hydrogen) atoms. The summed E-state index contributed by atoms with van der Waals surface area (Å²) < 4.78 is 6.10. The molecular formula is C14H27NO3Si. The van der Waals surface area contributed by atoms with Crippen LogP contribution >= 0.6 is 0 Å². The molecule has 1 N–H and O–H groups in total. The second-order valence-electron chi connectivity index (χ2n) is 6.70. The Morgan fingerprint density at radius 2 is 1.89 bits per heavy atom. The lowest BCUT2D eigenvalue weighted by Gasteiger charge is -2.36. The molecule has 0 atom stereocenters. The lowest BCUT2D eigenvalue weighted by molar-refractivity contribution is 0.141. The molecule has 1 aliphatic rings. The quantitative estimate of drug-likeness (QED) is 0.635. The van der Waals surface area contributed by atoms with Crippen LogP contribution in [0.4, 0.5) is 4.79 Å². The van der Waals surface area contributed by atoms with Crippen LogP contribution in [-0.2, 0) is 4.43 Å². The maximum Gasteiger partial charge on any atom is 0.407 e. The van der Waals surface area contributed by atoms with Gasteiger partial charge in [-0.1, -0.05) is 32.4 Å². The normalized spacial score (nSPS) is 17.5. The largest absolute Gasteiger partial charge is 0.465 e. The highest BCUT2D eigenvalue weighted by Gasteiger charge is 2.36. The summed E-state index contributed by atoms with van der Waals surface area (Å²) in [4.78, 5) is 12.3. The van der Waals surface area contributed by atoms with Crippen molar-refractivity contribution in [2.45, 2.75) is 51.7 Å². The van der Waals surface area contributed by atoms with Crippen LogP contribution in [0.2, 0.25) is 18.1 Å². The fraction of sp³-hybridized carbons (Fsp3) is 0.786. The van der Waals surface area contributed by atoms with Crippen molar-refractivity contribution < 1.29 is 14.3 Å². The van der Waals surface area contributed by atoms with E-state index in [9.17, 15) is 4.79 Å². The molecule has 1 amide bonds. The molecule has 1 aliphatic heterocycles. The number of nitrogens with zero attached hydrogens (tertiary/aromatic N) is 1.